The smallest absolute Gasteiger partial charge is 0.315 e. The maximum atomic E-state index is 11.7. The van der Waals surface area contributed by atoms with Gasteiger partial charge in [-0.1, -0.05) is 6.07 Å². The number of carbonyl (C=O) groups excluding carboxylic acids is 2. The Labute approximate surface area is 131 Å². The molecular weight excluding hydrogens is 282 g/mol. The predicted octanol–water partition coefficient (Wildman–Crippen LogP) is 2.29. The number of rotatable bonds is 5. The molecule has 1 aromatic rings. The molecule has 0 heterocycles. The van der Waals surface area contributed by atoms with Crippen molar-refractivity contribution in [3.63, 3.8) is 0 Å². The van der Waals surface area contributed by atoms with E-state index < -0.39 is 0 Å². The summed E-state index contributed by atoms with van der Waals surface area (Å²) in [5.74, 6) is 0.454. The molecule has 0 aliphatic carbocycles. The lowest BCUT2D eigenvalue weighted by Gasteiger charge is -2.20. The molecule has 1 aromatic carbocycles. The normalized spacial score (nSPS) is 10.8. The van der Waals surface area contributed by atoms with Crippen molar-refractivity contribution in [3.8, 4) is 5.75 Å². The van der Waals surface area contributed by atoms with Crippen LogP contribution in [0.5, 0.6) is 5.75 Å². The fraction of sp³-hybridized carbons (Fsp3) is 0.500. The fourth-order valence-electron chi connectivity index (χ4n) is 1.90. The largest absolute Gasteiger partial charge is 0.495 e. The molecule has 1 rings (SSSR count). The Morgan fingerprint density at radius 1 is 1.23 bits per heavy atom. The van der Waals surface area contributed by atoms with Gasteiger partial charge in [0, 0.05) is 19.0 Å². The molecule has 0 saturated carbocycles. The van der Waals surface area contributed by atoms with Crippen LogP contribution in [0, 0.1) is 0 Å². The van der Waals surface area contributed by atoms with Gasteiger partial charge in [0.15, 0.2) is 0 Å². The van der Waals surface area contributed by atoms with Gasteiger partial charge in [0.2, 0.25) is 5.91 Å². The van der Waals surface area contributed by atoms with E-state index in [1.807, 2.05) is 32.9 Å². The molecule has 0 aromatic heterocycles. The second-order valence-electron chi connectivity index (χ2n) is 6.10. The highest BCUT2D eigenvalue weighted by molar-refractivity contribution is 5.90. The number of carbonyl (C=O) groups is 2. The molecule has 0 atom stereocenters. The van der Waals surface area contributed by atoms with Crippen molar-refractivity contribution in [2.24, 2.45) is 0 Å². The lowest BCUT2D eigenvalue weighted by atomic mass is 10.1. The highest BCUT2D eigenvalue weighted by atomic mass is 16.5. The van der Waals surface area contributed by atoms with Gasteiger partial charge >= 0.3 is 6.03 Å². The van der Waals surface area contributed by atoms with Crippen LogP contribution in [0.15, 0.2) is 18.2 Å². The molecule has 0 bridgehead atoms. The minimum absolute atomic E-state index is 0.155. The van der Waals surface area contributed by atoms with Crippen LogP contribution in [0.4, 0.5) is 10.5 Å². The number of urea groups is 1. The van der Waals surface area contributed by atoms with Crippen LogP contribution in [0.3, 0.4) is 0 Å². The van der Waals surface area contributed by atoms with Crippen LogP contribution >= 0.6 is 0 Å². The van der Waals surface area contributed by atoms with E-state index in [2.05, 4.69) is 16.0 Å². The van der Waals surface area contributed by atoms with Gasteiger partial charge in [-0.15, -0.1) is 0 Å². The molecular formula is C16H25N3O3. The first-order chi connectivity index (χ1) is 10.2. The van der Waals surface area contributed by atoms with E-state index >= 15 is 0 Å². The minimum Gasteiger partial charge on any atom is -0.495 e. The molecule has 0 radical (unpaired) electrons. The van der Waals surface area contributed by atoms with Gasteiger partial charge < -0.3 is 20.7 Å². The molecule has 0 fully saturated rings. The zero-order valence-electron chi connectivity index (χ0n) is 13.9. The number of nitrogens with one attached hydrogen (secondary N) is 3. The molecule has 0 unspecified atom stereocenters. The maximum Gasteiger partial charge on any atom is 0.315 e. The maximum absolute atomic E-state index is 11.7. The van der Waals surface area contributed by atoms with Crippen LogP contribution in [0.1, 0.15) is 33.3 Å². The van der Waals surface area contributed by atoms with Crippen LogP contribution in [0.2, 0.25) is 0 Å². The Kier molecular flexibility index (Phi) is 6.22. The molecule has 3 N–H and O–H groups in total. The van der Waals surface area contributed by atoms with E-state index in [0.29, 0.717) is 24.4 Å². The highest BCUT2D eigenvalue weighted by Crippen LogP contribution is 2.25. The summed E-state index contributed by atoms with van der Waals surface area (Å²) >= 11 is 0. The van der Waals surface area contributed by atoms with Gasteiger partial charge in [0.1, 0.15) is 5.75 Å². The van der Waals surface area contributed by atoms with Crippen LogP contribution in [-0.2, 0) is 11.2 Å². The summed E-state index contributed by atoms with van der Waals surface area (Å²) in [6.45, 7) is 7.74. The topological polar surface area (TPSA) is 79.5 Å². The Bertz CT molecular complexity index is 536. The second kappa shape index (κ2) is 7.68. The van der Waals surface area contributed by atoms with Crippen molar-refractivity contribution in [1.82, 2.24) is 10.6 Å². The first-order valence-electron chi connectivity index (χ1n) is 7.22. The van der Waals surface area contributed by atoms with Crippen molar-refractivity contribution in [2.45, 2.75) is 39.7 Å². The summed E-state index contributed by atoms with van der Waals surface area (Å²) in [7, 11) is 1.55. The van der Waals surface area contributed by atoms with E-state index in [1.165, 1.54) is 6.92 Å². The number of benzene rings is 1. The Balaban J connectivity index is 2.59. The van der Waals surface area contributed by atoms with Gasteiger partial charge in [-0.2, -0.15) is 0 Å². The highest BCUT2D eigenvalue weighted by Gasteiger charge is 2.13. The van der Waals surface area contributed by atoms with Crippen LogP contribution < -0.4 is 20.7 Å². The zero-order valence-corrected chi connectivity index (χ0v) is 13.9. The van der Waals surface area contributed by atoms with Gasteiger partial charge in [-0.05, 0) is 44.9 Å². The number of anilines is 1. The average Bonchev–Trinajstić information content (AvgIpc) is 2.36. The molecule has 0 aliphatic heterocycles. The van der Waals surface area contributed by atoms with Crippen molar-refractivity contribution < 1.29 is 14.3 Å². The lowest BCUT2D eigenvalue weighted by Crippen LogP contribution is -2.46. The Hall–Kier alpha value is -2.24. The molecule has 0 saturated heterocycles. The van der Waals surface area contributed by atoms with Gasteiger partial charge in [0.25, 0.3) is 0 Å². The van der Waals surface area contributed by atoms with Gasteiger partial charge in [0.05, 0.1) is 12.8 Å². The first-order valence-corrected chi connectivity index (χ1v) is 7.22. The van der Waals surface area contributed by atoms with E-state index in [4.69, 9.17) is 4.74 Å². The molecule has 0 aliphatic rings. The second-order valence-corrected chi connectivity index (χ2v) is 6.10. The number of amides is 3. The molecule has 3 amide bonds. The zero-order chi connectivity index (χ0) is 16.8. The van der Waals surface area contributed by atoms with Gasteiger partial charge in [-0.3, -0.25) is 4.79 Å². The minimum atomic E-state index is -0.261. The number of methoxy groups -OCH3 is 1. The van der Waals surface area contributed by atoms with Crippen molar-refractivity contribution in [2.75, 3.05) is 19.0 Å². The molecule has 22 heavy (non-hydrogen) atoms. The summed E-state index contributed by atoms with van der Waals surface area (Å²) in [5, 5.41) is 8.37. The third kappa shape index (κ3) is 6.47. The van der Waals surface area contributed by atoms with Crippen molar-refractivity contribution in [3.05, 3.63) is 23.8 Å². The van der Waals surface area contributed by atoms with Crippen molar-refractivity contribution >= 4 is 17.6 Å². The Morgan fingerprint density at radius 3 is 2.45 bits per heavy atom. The monoisotopic (exact) mass is 307 g/mol. The first kappa shape index (κ1) is 17.8. The number of ether oxygens (including phenoxy) is 1. The summed E-state index contributed by atoms with van der Waals surface area (Å²) in [4.78, 5) is 22.9. The van der Waals surface area contributed by atoms with E-state index in [-0.39, 0.29) is 17.5 Å². The molecule has 6 nitrogen and oxygen atoms in total. The average molecular weight is 307 g/mol. The van der Waals surface area contributed by atoms with Gasteiger partial charge in [-0.25, -0.2) is 4.79 Å². The third-order valence-electron chi connectivity index (χ3n) is 2.76. The van der Waals surface area contributed by atoms with E-state index in [9.17, 15) is 9.59 Å². The summed E-state index contributed by atoms with van der Waals surface area (Å²) < 4.78 is 5.20. The third-order valence-corrected chi connectivity index (χ3v) is 2.76. The standard InChI is InChI=1S/C16H25N3O3/c1-11(20)18-13-10-12(6-7-14(13)22-5)8-9-17-15(21)19-16(2,3)4/h6-7,10H,8-9H2,1-5H3,(H,18,20)(H2,17,19,21). The fourth-order valence-corrected chi connectivity index (χ4v) is 1.90. The number of hydrogen-bond donors (Lipinski definition) is 3. The van der Waals surface area contributed by atoms with Crippen LogP contribution in [-0.4, -0.2) is 31.1 Å². The summed E-state index contributed by atoms with van der Waals surface area (Å²) in [6, 6.07) is 5.37. The van der Waals surface area contributed by atoms with E-state index in [1.54, 1.807) is 13.2 Å². The number of hydrogen-bond acceptors (Lipinski definition) is 3. The molecule has 122 valence electrons. The SMILES string of the molecule is COc1ccc(CCNC(=O)NC(C)(C)C)cc1NC(C)=O. The van der Waals surface area contributed by atoms with Crippen molar-refractivity contribution in [1.29, 1.82) is 0 Å². The summed E-state index contributed by atoms with van der Waals surface area (Å²) in [6.07, 6.45) is 0.661. The Morgan fingerprint density at radius 2 is 1.91 bits per heavy atom. The van der Waals surface area contributed by atoms with Crippen LogP contribution in [0.25, 0.3) is 0 Å². The molecule has 6 heteroatoms. The molecule has 0 spiro atoms. The lowest BCUT2D eigenvalue weighted by molar-refractivity contribution is -0.114. The predicted molar refractivity (Wildman–Crippen MR) is 87.3 cm³/mol. The summed E-state index contributed by atoms with van der Waals surface area (Å²) in [5.41, 5.74) is 1.37. The van der Waals surface area contributed by atoms with E-state index in [0.717, 1.165) is 5.56 Å². The quantitative estimate of drug-likeness (QED) is 0.781.